The molecule has 2 N–H and O–H groups in total. The molecule has 1 aliphatic carbocycles. The van der Waals surface area contributed by atoms with Crippen LogP contribution in [0.15, 0.2) is 6.20 Å². The van der Waals surface area contributed by atoms with E-state index in [0.717, 1.165) is 36.7 Å². The van der Waals surface area contributed by atoms with Crippen molar-refractivity contribution < 1.29 is 9.90 Å². The number of nitrogens with zero attached hydrogens (tertiary/aromatic N) is 2. The third-order valence-corrected chi connectivity index (χ3v) is 5.58. The van der Waals surface area contributed by atoms with Gasteiger partial charge >= 0.3 is 5.97 Å². The molecule has 21 heavy (non-hydrogen) atoms. The van der Waals surface area contributed by atoms with Gasteiger partial charge in [-0.2, -0.15) is 11.8 Å². The number of carboxylic acids is 1. The van der Waals surface area contributed by atoms with Crippen LogP contribution in [0.2, 0.25) is 0 Å². The molecular formula is C14H23N3O2S2. The van der Waals surface area contributed by atoms with Gasteiger partial charge in [-0.05, 0) is 25.6 Å². The molecule has 0 radical (unpaired) electrons. The second-order valence-corrected chi connectivity index (χ2v) is 7.38. The van der Waals surface area contributed by atoms with Crippen molar-refractivity contribution in [3.8, 4) is 0 Å². The molecule has 0 spiro atoms. The van der Waals surface area contributed by atoms with Gasteiger partial charge in [0.1, 0.15) is 5.01 Å². The molecule has 1 fully saturated rings. The molecule has 1 saturated carbocycles. The predicted octanol–water partition coefficient (Wildman–Crippen LogP) is 2.03. The Labute approximate surface area is 134 Å². The highest BCUT2D eigenvalue weighted by Crippen LogP contribution is 2.26. The molecule has 5 nitrogen and oxygen atoms in total. The fourth-order valence-corrected chi connectivity index (χ4v) is 4.21. The summed E-state index contributed by atoms with van der Waals surface area (Å²) in [4.78, 5) is 18.6. The van der Waals surface area contributed by atoms with Gasteiger partial charge < -0.3 is 10.4 Å². The maximum absolute atomic E-state index is 10.8. The van der Waals surface area contributed by atoms with Crippen LogP contribution in [0.1, 0.15) is 29.7 Å². The fourth-order valence-electron chi connectivity index (χ4n) is 2.60. The van der Waals surface area contributed by atoms with E-state index in [2.05, 4.69) is 16.6 Å². The number of hydrogen-bond donors (Lipinski definition) is 2. The highest BCUT2D eigenvalue weighted by atomic mass is 32.2. The quantitative estimate of drug-likeness (QED) is 0.723. The van der Waals surface area contributed by atoms with Crippen molar-refractivity contribution in [2.45, 2.75) is 44.1 Å². The molecule has 0 amide bonds. The van der Waals surface area contributed by atoms with Crippen molar-refractivity contribution in [1.29, 1.82) is 0 Å². The minimum atomic E-state index is -0.739. The van der Waals surface area contributed by atoms with Crippen LogP contribution >= 0.6 is 23.1 Å². The molecule has 0 bridgehead atoms. The van der Waals surface area contributed by atoms with Crippen LogP contribution in [-0.2, 0) is 17.1 Å². The Hall–Kier alpha value is -0.630. The van der Waals surface area contributed by atoms with Crippen LogP contribution in [-0.4, -0.2) is 52.4 Å². The first-order valence-corrected chi connectivity index (χ1v) is 9.45. The average Bonchev–Trinajstić information content (AvgIpc) is 2.83. The van der Waals surface area contributed by atoms with E-state index in [1.54, 1.807) is 11.3 Å². The van der Waals surface area contributed by atoms with Crippen LogP contribution in [0, 0.1) is 0 Å². The van der Waals surface area contributed by atoms with E-state index in [1.807, 2.05) is 29.8 Å². The standard InChI is InChI=1S/C14H23N3O2S2/c1-3-17(8-14(18)19)11-4-10(5-11)15-7-13-16-6-12(21-13)9-20-2/h6,10-11,15H,3-5,7-9H2,1-2H3,(H,18,19). The number of aliphatic carboxylic acids is 1. The lowest BCUT2D eigenvalue weighted by molar-refractivity contribution is -0.139. The van der Waals surface area contributed by atoms with Crippen molar-refractivity contribution in [3.63, 3.8) is 0 Å². The number of nitrogens with one attached hydrogen (secondary N) is 1. The summed E-state index contributed by atoms with van der Waals surface area (Å²) in [6.07, 6.45) is 6.13. The minimum absolute atomic E-state index is 0.151. The Morgan fingerprint density at radius 1 is 1.62 bits per heavy atom. The van der Waals surface area contributed by atoms with Crippen LogP contribution in [0.5, 0.6) is 0 Å². The Morgan fingerprint density at radius 3 is 3.00 bits per heavy atom. The van der Waals surface area contributed by atoms with Gasteiger partial charge in [0.15, 0.2) is 0 Å². The summed E-state index contributed by atoms with van der Waals surface area (Å²) in [6, 6.07) is 0.901. The van der Waals surface area contributed by atoms with E-state index in [-0.39, 0.29) is 6.54 Å². The Bertz CT molecular complexity index is 461. The van der Waals surface area contributed by atoms with Gasteiger partial charge in [0.25, 0.3) is 0 Å². The van der Waals surface area contributed by atoms with E-state index in [1.165, 1.54) is 4.88 Å². The topological polar surface area (TPSA) is 65.5 Å². The predicted molar refractivity (Wildman–Crippen MR) is 87.9 cm³/mol. The second-order valence-electron chi connectivity index (χ2n) is 5.31. The first kappa shape index (κ1) is 16.7. The van der Waals surface area contributed by atoms with Gasteiger partial charge in [-0.1, -0.05) is 6.92 Å². The molecular weight excluding hydrogens is 306 g/mol. The Balaban J connectivity index is 1.68. The monoisotopic (exact) mass is 329 g/mol. The van der Waals surface area contributed by atoms with Gasteiger partial charge in [-0.15, -0.1) is 11.3 Å². The van der Waals surface area contributed by atoms with Crippen molar-refractivity contribution in [2.75, 3.05) is 19.3 Å². The molecule has 2 rings (SSSR count). The molecule has 0 aliphatic heterocycles. The summed E-state index contributed by atoms with van der Waals surface area (Å²) in [5, 5.41) is 13.5. The SMILES string of the molecule is CCN(CC(=O)O)C1CC(NCc2ncc(CSC)s2)C1. The Morgan fingerprint density at radius 2 is 2.38 bits per heavy atom. The zero-order chi connectivity index (χ0) is 15.2. The van der Waals surface area contributed by atoms with Gasteiger partial charge in [0.2, 0.25) is 0 Å². The lowest BCUT2D eigenvalue weighted by atomic mass is 9.85. The first-order valence-electron chi connectivity index (χ1n) is 7.24. The van der Waals surface area contributed by atoms with Crippen molar-refractivity contribution in [3.05, 3.63) is 16.1 Å². The van der Waals surface area contributed by atoms with Crippen LogP contribution in [0.25, 0.3) is 0 Å². The number of hydrogen-bond acceptors (Lipinski definition) is 6. The van der Waals surface area contributed by atoms with Crippen LogP contribution in [0.3, 0.4) is 0 Å². The second kappa shape index (κ2) is 8.12. The smallest absolute Gasteiger partial charge is 0.317 e. The summed E-state index contributed by atoms with van der Waals surface area (Å²) in [5.74, 6) is 0.293. The summed E-state index contributed by atoms with van der Waals surface area (Å²) >= 11 is 3.59. The Kier molecular flexibility index (Phi) is 6.47. The van der Waals surface area contributed by atoms with Gasteiger partial charge in [-0.25, -0.2) is 4.98 Å². The van der Waals surface area contributed by atoms with Gasteiger partial charge in [0, 0.05) is 35.5 Å². The highest BCUT2D eigenvalue weighted by molar-refractivity contribution is 7.97. The molecule has 0 unspecified atom stereocenters. The molecule has 118 valence electrons. The summed E-state index contributed by atoms with van der Waals surface area (Å²) < 4.78 is 0. The number of carboxylic acid groups (broad SMARTS) is 1. The largest absolute Gasteiger partial charge is 0.480 e. The van der Waals surface area contributed by atoms with E-state index in [4.69, 9.17) is 5.11 Å². The maximum atomic E-state index is 10.8. The highest BCUT2D eigenvalue weighted by Gasteiger charge is 2.33. The number of thiazole rings is 1. The van der Waals surface area contributed by atoms with E-state index in [9.17, 15) is 4.79 Å². The zero-order valence-electron chi connectivity index (χ0n) is 12.5. The molecule has 1 aliphatic rings. The number of aromatic nitrogens is 1. The number of likely N-dealkylation sites (N-methyl/N-ethyl adjacent to an activating group) is 1. The third kappa shape index (κ3) is 4.95. The minimum Gasteiger partial charge on any atom is -0.480 e. The molecule has 0 saturated heterocycles. The normalized spacial score (nSPS) is 21.5. The average molecular weight is 329 g/mol. The summed E-state index contributed by atoms with van der Waals surface area (Å²) in [5.41, 5.74) is 0. The van der Waals surface area contributed by atoms with Crippen molar-refractivity contribution in [1.82, 2.24) is 15.2 Å². The van der Waals surface area contributed by atoms with E-state index < -0.39 is 5.97 Å². The maximum Gasteiger partial charge on any atom is 0.317 e. The number of carbonyl (C=O) groups is 1. The molecule has 1 aromatic rings. The first-order chi connectivity index (χ1) is 10.1. The fraction of sp³-hybridized carbons (Fsp3) is 0.714. The summed E-state index contributed by atoms with van der Waals surface area (Å²) in [7, 11) is 0. The van der Waals surface area contributed by atoms with Gasteiger partial charge in [-0.3, -0.25) is 9.69 Å². The van der Waals surface area contributed by atoms with Crippen molar-refractivity contribution >= 4 is 29.1 Å². The van der Waals surface area contributed by atoms with E-state index >= 15 is 0 Å². The van der Waals surface area contributed by atoms with Gasteiger partial charge in [0.05, 0.1) is 6.54 Å². The van der Waals surface area contributed by atoms with Crippen LogP contribution < -0.4 is 5.32 Å². The lowest BCUT2D eigenvalue weighted by Gasteiger charge is -2.42. The summed E-state index contributed by atoms with van der Waals surface area (Å²) in [6.45, 7) is 3.79. The molecule has 1 aromatic heterocycles. The lowest BCUT2D eigenvalue weighted by Crippen LogP contribution is -2.53. The molecule has 0 atom stereocenters. The van der Waals surface area contributed by atoms with Crippen LogP contribution in [0.4, 0.5) is 0 Å². The molecule has 1 heterocycles. The number of thioether (sulfide) groups is 1. The molecule has 0 aromatic carbocycles. The number of rotatable bonds is 9. The van der Waals surface area contributed by atoms with E-state index in [0.29, 0.717) is 12.1 Å². The zero-order valence-corrected chi connectivity index (χ0v) is 14.2. The third-order valence-electron chi connectivity index (χ3n) is 3.80. The van der Waals surface area contributed by atoms with Crippen molar-refractivity contribution in [2.24, 2.45) is 0 Å². The molecule has 7 heteroatoms.